The monoisotopic (exact) mass is 320 g/mol. The fraction of sp³-hybridized carbons (Fsp3) is 0.167. The molecule has 2 aromatic carbocycles. The molecule has 0 bridgehead atoms. The Morgan fingerprint density at radius 1 is 1.17 bits per heavy atom. The molecule has 0 aliphatic carbocycles. The lowest BCUT2D eigenvalue weighted by Crippen LogP contribution is -2.43. The highest BCUT2D eigenvalue weighted by molar-refractivity contribution is 6.12. The maximum Gasteiger partial charge on any atom is 0.281 e. The van der Waals surface area contributed by atoms with Gasteiger partial charge in [0.15, 0.2) is 5.69 Å². The van der Waals surface area contributed by atoms with Crippen molar-refractivity contribution < 1.29 is 9.53 Å². The molecule has 2 N–H and O–H groups in total. The predicted molar refractivity (Wildman–Crippen MR) is 92.2 cm³/mol. The summed E-state index contributed by atoms with van der Waals surface area (Å²) >= 11 is 0. The van der Waals surface area contributed by atoms with Gasteiger partial charge in [0.05, 0.1) is 23.4 Å². The summed E-state index contributed by atoms with van der Waals surface area (Å²) in [6.07, 6.45) is -0.113. The zero-order chi connectivity index (χ0) is 16.7. The van der Waals surface area contributed by atoms with Gasteiger partial charge in [-0.05, 0) is 25.1 Å². The molecule has 1 aliphatic heterocycles. The molecule has 6 nitrogen and oxygen atoms in total. The van der Waals surface area contributed by atoms with E-state index >= 15 is 0 Å². The van der Waals surface area contributed by atoms with Crippen LogP contribution in [0.5, 0.6) is 5.75 Å². The fourth-order valence-electron chi connectivity index (χ4n) is 2.94. The molecule has 0 radical (unpaired) electrons. The van der Waals surface area contributed by atoms with Crippen LogP contribution in [0.4, 0.5) is 11.4 Å². The Balaban J connectivity index is 1.81. The number of anilines is 2. The molecule has 1 amide bonds. The van der Waals surface area contributed by atoms with Crippen LogP contribution in [0.1, 0.15) is 17.4 Å². The summed E-state index contributed by atoms with van der Waals surface area (Å²) in [5.74, 6) is 0.408. The molecule has 6 heteroatoms. The van der Waals surface area contributed by atoms with Crippen LogP contribution in [0, 0.1) is 0 Å². The van der Waals surface area contributed by atoms with E-state index in [9.17, 15) is 4.79 Å². The number of benzene rings is 2. The first kappa shape index (κ1) is 14.4. The van der Waals surface area contributed by atoms with Crippen molar-refractivity contribution >= 4 is 28.2 Å². The van der Waals surface area contributed by atoms with E-state index in [4.69, 9.17) is 10.5 Å². The maximum atomic E-state index is 13.1. The molecule has 0 spiro atoms. The molecular formula is C18H16N4O2. The van der Waals surface area contributed by atoms with Crippen molar-refractivity contribution in [2.24, 2.45) is 0 Å². The first-order chi connectivity index (χ1) is 11.6. The highest BCUT2D eigenvalue weighted by atomic mass is 16.5. The van der Waals surface area contributed by atoms with Crippen LogP contribution >= 0.6 is 0 Å². The summed E-state index contributed by atoms with van der Waals surface area (Å²) in [5.41, 5.74) is 8.10. The predicted octanol–water partition coefficient (Wildman–Crippen LogP) is 2.64. The lowest BCUT2D eigenvalue weighted by molar-refractivity contribution is 0.0956. The molecule has 2 heterocycles. The molecule has 3 aromatic rings. The van der Waals surface area contributed by atoms with Crippen LogP contribution in [0.15, 0.2) is 48.5 Å². The first-order valence-corrected chi connectivity index (χ1v) is 7.73. The van der Waals surface area contributed by atoms with E-state index in [0.29, 0.717) is 23.5 Å². The molecule has 0 fully saturated rings. The number of nitrogens with two attached hydrogens (primary N) is 1. The minimum absolute atomic E-state index is 0.113. The molecule has 0 saturated heterocycles. The van der Waals surface area contributed by atoms with Gasteiger partial charge in [-0.3, -0.25) is 9.69 Å². The minimum atomic E-state index is -0.270. The molecule has 1 aromatic heterocycles. The molecular weight excluding hydrogens is 304 g/mol. The quantitative estimate of drug-likeness (QED) is 0.745. The van der Waals surface area contributed by atoms with E-state index in [1.165, 1.54) is 0 Å². The number of hydrogen-bond donors (Lipinski definition) is 1. The molecule has 1 aliphatic rings. The van der Waals surface area contributed by atoms with Crippen molar-refractivity contribution in [3.05, 3.63) is 54.2 Å². The number of ether oxygens (including phenoxy) is 1. The molecule has 1 unspecified atom stereocenters. The topological polar surface area (TPSA) is 81.3 Å². The van der Waals surface area contributed by atoms with Crippen LogP contribution in [0.3, 0.4) is 0 Å². The van der Waals surface area contributed by atoms with Gasteiger partial charge in [-0.15, -0.1) is 10.2 Å². The Morgan fingerprint density at radius 2 is 1.92 bits per heavy atom. The third-order valence-corrected chi connectivity index (χ3v) is 4.08. The fourth-order valence-corrected chi connectivity index (χ4v) is 2.94. The smallest absolute Gasteiger partial charge is 0.281 e. The molecule has 4 rings (SSSR count). The Hall–Kier alpha value is -3.15. The number of nitrogen functional groups attached to an aromatic ring is 1. The van der Waals surface area contributed by atoms with Gasteiger partial charge < -0.3 is 10.5 Å². The third kappa shape index (κ3) is 2.23. The number of aromatic nitrogens is 2. The van der Waals surface area contributed by atoms with Gasteiger partial charge in [-0.1, -0.05) is 30.3 Å². The maximum absolute atomic E-state index is 13.1. The average Bonchev–Trinajstić information content (AvgIpc) is 2.61. The van der Waals surface area contributed by atoms with Crippen molar-refractivity contribution in [3.63, 3.8) is 0 Å². The van der Waals surface area contributed by atoms with Gasteiger partial charge in [-0.25, -0.2) is 0 Å². The summed E-state index contributed by atoms with van der Waals surface area (Å²) in [6, 6.07) is 14.8. The van der Waals surface area contributed by atoms with Gasteiger partial charge in [-0.2, -0.15) is 0 Å². The summed E-state index contributed by atoms with van der Waals surface area (Å²) in [7, 11) is 0. The number of amides is 1. The van der Waals surface area contributed by atoms with Gasteiger partial charge in [0.1, 0.15) is 11.9 Å². The largest absolute Gasteiger partial charge is 0.487 e. The van der Waals surface area contributed by atoms with Crippen LogP contribution in [-0.2, 0) is 0 Å². The Labute approximate surface area is 138 Å². The number of hydrogen-bond acceptors (Lipinski definition) is 5. The second kappa shape index (κ2) is 5.49. The third-order valence-electron chi connectivity index (χ3n) is 4.08. The second-order valence-electron chi connectivity index (χ2n) is 5.79. The summed E-state index contributed by atoms with van der Waals surface area (Å²) in [5, 5.41) is 8.92. The Kier molecular flexibility index (Phi) is 3.30. The molecule has 1 atom stereocenters. The standard InChI is InChI=1S/C18H16N4O2/c1-11-10-22(14-8-4-5-9-15(14)24-11)18(23)17-16(19)12-6-2-3-7-13(12)20-21-17/h2-9,11H,10H2,1H3,(H2,19,20). The van der Waals surface area contributed by atoms with Crippen LogP contribution in [0.2, 0.25) is 0 Å². The van der Waals surface area contributed by atoms with Crippen molar-refractivity contribution in [1.29, 1.82) is 0 Å². The number of carbonyl (C=O) groups is 1. The highest BCUT2D eigenvalue weighted by Gasteiger charge is 2.30. The molecule has 24 heavy (non-hydrogen) atoms. The SMILES string of the molecule is CC1CN(C(=O)c2nnc3ccccc3c2N)c2ccccc2O1. The first-order valence-electron chi connectivity index (χ1n) is 7.73. The number of para-hydroxylation sites is 2. The van der Waals surface area contributed by atoms with Gasteiger partial charge in [0, 0.05) is 5.39 Å². The number of rotatable bonds is 1. The van der Waals surface area contributed by atoms with Crippen LogP contribution in [-0.4, -0.2) is 28.8 Å². The number of fused-ring (bicyclic) bond motifs is 2. The average molecular weight is 320 g/mol. The van der Waals surface area contributed by atoms with E-state index in [1.807, 2.05) is 55.5 Å². The second-order valence-corrected chi connectivity index (χ2v) is 5.79. The molecule has 0 saturated carbocycles. The van der Waals surface area contributed by atoms with Crippen molar-refractivity contribution in [1.82, 2.24) is 10.2 Å². The van der Waals surface area contributed by atoms with Gasteiger partial charge >= 0.3 is 0 Å². The van der Waals surface area contributed by atoms with Gasteiger partial charge in [0.2, 0.25) is 0 Å². The van der Waals surface area contributed by atoms with Crippen molar-refractivity contribution in [3.8, 4) is 5.75 Å². The van der Waals surface area contributed by atoms with Crippen LogP contribution in [0.25, 0.3) is 10.9 Å². The lowest BCUT2D eigenvalue weighted by Gasteiger charge is -2.33. The highest BCUT2D eigenvalue weighted by Crippen LogP contribution is 2.34. The Bertz CT molecular complexity index is 941. The normalized spacial score (nSPS) is 16.5. The summed E-state index contributed by atoms with van der Waals surface area (Å²) in [6.45, 7) is 2.36. The summed E-state index contributed by atoms with van der Waals surface area (Å²) < 4.78 is 5.79. The van der Waals surface area contributed by atoms with E-state index in [0.717, 1.165) is 11.1 Å². The van der Waals surface area contributed by atoms with Crippen LogP contribution < -0.4 is 15.4 Å². The Morgan fingerprint density at radius 3 is 2.79 bits per heavy atom. The van der Waals surface area contributed by atoms with E-state index < -0.39 is 0 Å². The van der Waals surface area contributed by atoms with E-state index in [-0.39, 0.29) is 17.7 Å². The lowest BCUT2D eigenvalue weighted by atomic mass is 10.1. The van der Waals surface area contributed by atoms with Crippen molar-refractivity contribution in [2.45, 2.75) is 13.0 Å². The van der Waals surface area contributed by atoms with Crippen molar-refractivity contribution in [2.75, 3.05) is 17.2 Å². The zero-order valence-corrected chi connectivity index (χ0v) is 13.1. The summed E-state index contributed by atoms with van der Waals surface area (Å²) in [4.78, 5) is 14.7. The number of nitrogens with zero attached hydrogens (tertiary/aromatic N) is 3. The van der Waals surface area contributed by atoms with E-state index in [2.05, 4.69) is 10.2 Å². The number of carbonyl (C=O) groups excluding carboxylic acids is 1. The zero-order valence-electron chi connectivity index (χ0n) is 13.1. The van der Waals surface area contributed by atoms with E-state index in [1.54, 1.807) is 4.90 Å². The van der Waals surface area contributed by atoms with Gasteiger partial charge in [0.25, 0.3) is 5.91 Å². The minimum Gasteiger partial charge on any atom is -0.487 e. The molecule has 120 valence electrons.